The molecule has 0 radical (unpaired) electrons. The molecule has 2 heterocycles. The number of urea groups is 1. The first-order valence-corrected chi connectivity index (χ1v) is 6.47. The van der Waals surface area contributed by atoms with Gasteiger partial charge in [-0.1, -0.05) is 12.1 Å². The Bertz CT molecular complexity index is 688. The lowest BCUT2D eigenvalue weighted by Crippen LogP contribution is -2.50. The van der Waals surface area contributed by atoms with Gasteiger partial charge in [0.05, 0.1) is 5.52 Å². The summed E-state index contributed by atoms with van der Waals surface area (Å²) in [6.07, 6.45) is 1.91. The van der Waals surface area contributed by atoms with Crippen LogP contribution in [0.5, 0.6) is 0 Å². The highest BCUT2D eigenvalue weighted by Crippen LogP contribution is 2.23. The minimum Gasteiger partial charge on any atom is -0.278 e. The highest BCUT2D eigenvalue weighted by molar-refractivity contribution is 9.10. The fourth-order valence-electron chi connectivity index (χ4n) is 1.90. The van der Waals surface area contributed by atoms with E-state index in [9.17, 15) is 9.59 Å². The van der Waals surface area contributed by atoms with Crippen molar-refractivity contribution in [3.8, 4) is 0 Å². The normalized spacial score (nSPS) is 15.7. The number of halogens is 1. The molecule has 6 nitrogen and oxygen atoms in total. The Morgan fingerprint density at radius 1 is 1.32 bits per heavy atom. The molecule has 1 aromatic heterocycles. The average Bonchev–Trinajstić information content (AvgIpc) is 2.39. The Labute approximate surface area is 117 Å². The van der Waals surface area contributed by atoms with E-state index in [1.54, 1.807) is 6.20 Å². The van der Waals surface area contributed by atoms with Crippen LogP contribution in [-0.4, -0.2) is 28.5 Å². The van der Waals surface area contributed by atoms with Gasteiger partial charge in [-0.25, -0.2) is 14.8 Å². The van der Waals surface area contributed by atoms with Gasteiger partial charge in [0.15, 0.2) is 0 Å². The van der Waals surface area contributed by atoms with Gasteiger partial charge in [-0.2, -0.15) is 0 Å². The summed E-state index contributed by atoms with van der Waals surface area (Å²) in [6.45, 7) is 0.292. The number of rotatable bonds is 1. The Hall–Kier alpha value is -2.02. The third-order valence-corrected chi connectivity index (χ3v) is 3.48. The molecule has 96 valence electrons. The molecule has 1 saturated heterocycles. The van der Waals surface area contributed by atoms with E-state index in [0.29, 0.717) is 12.5 Å². The molecule has 0 spiro atoms. The first-order chi connectivity index (χ1) is 9.15. The topological polar surface area (TPSA) is 75.2 Å². The lowest BCUT2D eigenvalue weighted by Gasteiger charge is -2.24. The van der Waals surface area contributed by atoms with Crippen molar-refractivity contribution in [1.29, 1.82) is 0 Å². The smallest absolute Gasteiger partial charge is 0.278 e. The Kier molecular flexibility index (Phi) is 2.90. The molecule has 1 aromatic carbocycles. The maximum absolute atomic E-state index is 11.7. The molecular weight excluding hydrogens is 312 g/mol. The summed E-state index contributed by atoms with van der Waals surface area (Å²) in [5, 5.41) is 3.13. The lowest BCUT2D eigenvalue weighted by molar-refractivity contribution is -0.120. The van der Waals surface area contributed by atoms with Gasteiger partial charge in [0.25, 0.3) is 0 Å². The number of aromatic nitrogens is 2. The largest absolute Gasteiger partial charge is 0.330 e. The van der Waals surface area contributed by atoms with Crippen molar-refractivity contribution in [2.45, 2.75) is 6.42 Å². The highest BCUT2D eigenvalue weighted by atomic mass is 79.9. The number of benzene rings is 1. The van der Waals surface area contributed by atoms with Gasteiger partial charge < -0.3 is 0 Å². The summed E-state index contributed by atoms with van der Waals surface area (Å²) < 4.78 is 0.835. The van der Waals surface area contributed by atoms with E-state index in [-0.39, 0.29) is 12.3 Å². The van der Waals surface area contributed by atoms with Gasteiger partial charge in [-0.05, 0) is 22.0 Å². The summed E-state index contributed by atoms with van der Waals surface area (Å²) in [4.78, 5) is 32.7. The van der Waals surface area contributed by atoms with Crippen molar-refractivity contribution in [3.05, 3.63) is 28.9 Å². The number of hydrogen-bond acceptors (Lipinski definition) is 4. The SMILES string of the molecule is O=C1CCN(c2ncc3cccc(Br)c3n2)C(=O)N1. The van der Waals surface area contributed by atoms with E-state index >= 15 is 0 Å². The zero-order valence-electron chi connectivity index (χ0n) is 9.76. The standard InChI is InChI=1S/C12H9BrN4O2/c13-8-3-1-2-7-6-14-11(16-10(7)8)17-5-4-9(18)15-12(17)19/h1-3,6H,4-5H2,(H,15,18,19). The van der Waals surface area contributed by atoms with Crippen LogP contribution < -0.4 is 10.2 Å². The fourth-order valence-corrected chi connectivity index (χ4v) is 2.37. The zero-order valence-corrected chi connectivity index (χ0v) is 11.3. The predicted molar refractivity (Wildman–Crippen MR) is 72.7 cm³/mol. The predicted octanol–water partition coefficient (Wildman–Crippen LogP) is 1.84. The van der Waals surface area contributed by atoms with Gasteiger partial charge >= 0.3 is 6.03 Å². The number of fused-ring (bicyclic) bond motifs is 1. The Balaban J connectivity index is 2.04. The van der Waals surface area contributed by atoms with E-state index in [4.69, 9.17) is 0 Å². The molecule has 0 aliphatic carbocycles. The van der Waals surface area contributed by atoms with Gasteiger partial charge in [-0.15, -0.1) is 0 Å². The molecule has 1 aliphatic rings. The van der Waals surface area contributed by atoms with Gasteiger partial charge in [0.1, 0.15) is 0 Å². The monoisotopic (exact) mass is 320 g/mol. The molecule has 0 saturated carbocycles. The summed E-state index contributed by atoms with van der Waals surface area (Å²) >= 11 is 3.42. The summed E-state index contributed by atoms with van der Waals surface area (Å²) in [5.74, 6) is 0.0209. The second-order valence-electron chi connectivity index (χ2n) is 4.10. The minimum absolute atomic E-state index is 0.253. The zero-order chi connectivity index (χ0) is 13.4. The average molecular weight is 321 g/mol. The number of carbonyl (C=O) groups is 2. The van der Waals surface area contributed by atoms with Gasteiger partial charge in [0.2, 0.25) is 11.9 Å². The number of amides is 3. The molecule has 7 heteroatoms. The van der Waals surface area contributed by atoms with E-state index < -0.39 is 6.03 Å². The summed E-state index contributed by atoms with van der Waals surface area (Å²) in [7, 11) is 0. The Morgan fingerprint density at radius 2 is 2.16 bits per heavy atom. The molecule has 0 atom stereocenters. The van der Waals surface area contributed by atoms with E-state index in [1.807, 2.05) is 18.2 Å². The molecule has 19 heavy (non-hydrogen) atoms. The molecule has 1 N–H and O–H groups in total. The molecule has 2 aromatic rings. The fraction of sp³-hybridized carbons (Fsp3) is 0.167. The van der Waals surface area contributed by atoms with Crippen molar-refractivity contribution in [2.75, 3.05) is 11.4 Å². The van der Waals surface area contributed by atoms with Crippen LogP contribution in [0.2, 0.25) is 0 Å². The van der Waals surface area contributed by atoms with Crippen LogP contribution in [0, 0.1) is 0 Å². The van der Waals surface area contributed by atoms with Crippen molar-refractivity contribution < 1.29 is 9.59 Å². The highest BCUT2D eigenvalue weighted by Gasteiger charge is 2.26. The van der Waals surface area contributed by atoms with E-state index in [0.717, 1.165) is 15.4 Å². The molecule has 3 rings (SSSR count). The molecular formula is C12H9BrN4O2. The number of hydrogen-bond donors (Lipinski definition) is 1. The minimum atomic E-state index is -0.484. The maximum Gasteiger partial charge on any atom is 0.330 e. The number of nitrogens with one attached hydrogen (secondary N) is 1. The van der Waals surface area contributed by atoms with Crippen molar-refractivity contribution in [3.63, 3.8) is 0 Å². The van der Waals surface area contributed by atoms with E-state index in [2.05, 4.69) is 31.2 Å². The Morgan fingerprint density at radius 3 is 2.95 bits per heavy atom. The number of para-hydroxylation sites is 1. The van der Waals surface area contributed by atoms with Crippen molar-refractivity contribution in [2.24, 2.45) is 0 Å². The number of carbonyl (C=O) groups excluding carboxylic acids is 2. The summed E-state index contributed by atoms with van der Waals surface area (Å²) in [5.41, 5.74) is 0.734. The number of imide groups is 1. The second-order valence-corrected chi connectivity index (χ2v) is 4.96. The van der Waals surface area contributed by atoms with Crippen LogP contribution in [0.1, 0.15) is 6.42 Å². The van der Waals surface area contributed by atoms with Gasteiger partial charge in [0, 0.05) is 29.0 Å². The van der Waals surface area contributed by atoms with E-state index in [1.165, 1.54) is 4.90 Å². The first-order valence-electron chi connectivity index (χ1n) is 5.68. The number of anilines is 1. The number of nitrogens with zero attached hydrogens (tertiary/aromatic N) is 3. The van der Waals surface area contributed by atoms with Crippen molar-refractivity contribution in [1.82, 2.24) is 15.3 Å². The van der Waals surface area contributed by atoms with Crippen LogP contribution >= 0.6 is 15.9 Å². The van der Waals surface area contributed by atoms with Gasteiger partial charge in [-0.3, -0.25) is 15.0 Å². The lowest BCUT2D eigenvalue weighted by atomic mass is 10.2. The third kappa shape index (κ3) is 2.17. The third-order valence-electron chi connectivity index (χ3n) is 2.84. The molecule has 1 aliphatic heterocycles. The van der Waals surface area contributed by atoms with Crippen LogP contribution in [0.3, 0.4) is 0 Å². The molecule has 0 unspecified atom stereocenters. The molecule has 1 fully saturated rings. The van der Waals surface area contributed by atoms with Crippen molar-refractivity contribution >= 4 is 44.7 Å². The second kappa shape index (κ2) is 4.58. The maximum atomic E-state index is 11.7. The van der Waals surface area contributed by atoms with Crippen LogP contribution in [0.25, 0.3) is 10.9 Å². The molecule has 0 bridgehead atoms. The first kappa shape index (κ1) is 12.0. The summed E-state index contributed by atoms with van der Waals surface area (Å²) in [6, 6.07) is 5.17. The van der Waals surface area contributed by atoms with Crippen LogP contribution in [-0.2, 0) is 4.79 Å². The van der Waals surface area contributed by atoms with Crippen LogP contribution in [0.4, 0.5) is 10.7 Å². The quantitative estimate of drug-likeness (QED) is 0.870. The molecule has 3 amide bonds. The van der Waals surface area contributed by atoms with Crippen LogP contribution in [0.15, 0.2) is 28.9 Å².